The molecule has 3 aliphatic rings. The van der Waals surface area contributed by atoms with Crippen molar-refractivity contribution in [3.05, 3.63) is 57.7 Å². The Morgan fingerprint density at radius 1 is 1.05 bits per heavy atom. The second kappa shape index (κ2) is 12.8. The number of hydrogen-bond donors (Lipinski definition) is 1. The number of ether oxygens (including phenoxy) is 3. The summed E-state index contributed by atoms with van der Waals surface area (Å²) in [7, 11) is 4.48. The third-order valence-electron chi connectivity index (χ3n) is 9.03. The van der Waals surface area contributed by atoms with Gasteiger partial charge in [0.05, 0.1) is 26.4 Å². The van der Waals surface area contributed by atoms with Crippen molar-refractivity contribution in [1.29, 1.82) is 0 Å². The molecule has 3 atom stereocenters. The fourth-order valence-corrected chi connectivity index (χ4v) is 7.58. The lowest BCUT2D eigenvalue weighted by Crippen LogP contribution is -2.30. The van der Waals surface area contributed by atoms with Gasteiger partial charge >= 0.3 is 5.97 Å². The van der Waals surface area contributed by atoms with E-state index >= 15 is 0 Å². The molecule has 0 bridgehead atoms. The first kappa shape index (κ1) is 31.3. The Bertz CT molecular complexity index is 1580. The quantitative estimate of drug-likeness (QED) is 0.283. The molecule has 2 fully saturated rings. The lowest BCUT2D eigenvalue weighted by Gasteiger charge is -2.26. The molecule has 2 saturated carbocycles. The van der Waals surface area contributed by atoms with E-state index in [0.717, 1.165) is 27.6 Å². The van der Waals surface area contributed by atoms with Crippen molar-refractivity contribution in [3.63, 3.8) is 0 Å². The van der Waals surface area contributed by atoms with Crippen molar-refractivity contribution in [2.45, 2.75) is 65.0 Å². The van der Waals surface area contributed by atoms with Crippen LogP contribution in [0, 0.1) is 25.7 Å². The van der Waals surface area contributed by atoms with Gasteiger partial charge in [-0.25, -0.2) is 4.99 Å². The maximum absolute atomic E-state index is 13.5. The zero-order valence-electron chi connectivity index (χ0n) is 25.7. The van der Waals surface area contributed by atoms with Gasteiger partial charge < -0.3 is 18.8 Å². The summed E-state index contributed by atoms with van der Waals surface area (Å²) in [6, 6.07) is 9.35. The first-order valence-corrected chi connectivity index (χ1v) is 16.1. The number of rotatable bonds is 7. The van der Waals surface area contributed by atoms with Crippen molar-refractivity contribution in [3.8, 4) is 11.5 Å². The van der Waals surface area contributed by atoms with E-state index in [9.17, 15) is 9.59 Å². The van der Waals surface area contributed by atoms with Crippen molar-refractivity contribution >= 4 is 51.3 Å². The Morgan fingerprint density at radius 3 is 2.33 bits per heavy atom. The summed E-state index contributed by atoms with van der Waals surface area (Å²) in [6.07, 6.45) is 6.91. The zero-order valence-corrected chi connectivity index (χ0v) is 27.3. The van der Waals surface area contributed by atoms with Gasteiger partial charge in [-0.15, -0.1) is 0 Å². The maximum Gasteiger partial charge on any atom is 0.325 e. The molecule has 0 saturated heterocycles. The second-order valence-corrected chi connectivity index (χ2v) is 13.0. The number of esters is 1. The number of amidine groups is 1. The van der Waals surface area contributed by atoms with Crippen LogP contribution in [0.3, 0.4) is 0 Å². The molecule has 0 spiro atoms. The van der Waals surface area contributed by atoms with Crippen molar-refractivity contribution in [2.24, 2.45) is 16.8 Å². The number of carbonyl (C=O) groups is 2. The van der Waals surface area contributed by atoms with Crippen LogP contribution in [0.15, 0.2) is 35.3 Å². The number of nitrogens with zero attached hydrogens (tertiary/aromatic N) is 2. The second-order valence-electron chi connectivity index (χ2n) is 11.6. The Morgan fingerprint density at radius 2 is 1.74 bits per heavy atom. The minimum Gasteiger partial charge on any atom is -0.496 e. The summed E-state index contributed by atoms with van der Waals surface area (Å²) in [5, 5.41) is 4.77. The molecule has 10 heteroatoms. The summed E-state index contributed by atoms with van der Waals surface area (Å²) >= 11 is 7.77. The van der Waals surface area contributed by atoms with Gasteiger partial charge in [-0.05, 0) is 73.9 Å². The maximum atomic E-state index is 13.5. The highest BCUT2D eigenvalue weighted by Gasteiger charge is 2.41. The molecular formula is C33H40ClN3O5S. The predicted molar refractivity (Wildman–Crippen MR) is 173 cm³/mol. The van der Waals surface area contributed by atoms with Crippen LogP contribution in [0.5, 0.6) is 11.5 Å². The van der Waals surface area contributed by atoms with E-state index in [2.05, 4.69) is 5.32 Å². The first-order valence-electron chi connectivity index (χ1n) is 14.8. The average molecular weight is 626 g/mol. The number of hydrogen-bond acceptors (Lipinski definition) is 7. The third kappa shape index (κ3) is 6.38. The minimum absolute atomic E-state index is 0.0778. The Labute approximate surface area is 262 Å². The lowest BCUT2D eigenvalue weighted by molar-refractivity contribution is -0.141. The third-order valence-corrected chi connectivity index (χ3v) is 10.4. The SMILES string of the molecule is C1CC2CC2C1.CCC1(c2cc(OC)c(Cl)cc2OC)CSC(NC(=O)c2cc3cc(C)c(C)cc3n2CC(=O)OC)=N1. The predicted octanol–water partition coefficient (Wildman–Crippen LogP) is 7.05. The van der Waals surface area contributed by atoms with Crippen LogP contribution in [0.1, 0.15) is 66.2 Å². The van der Waals surface area contributed by atoms with Gasteiger partial charge in [0, 0.05) is 28.3 Å². The minimum atomic E-state index is -0.635. The molecule has 6 rings (SSSR count). The molecule has 3 aromatic rings. The average Bonchev–Trinajstić information content (AvgIpc) is 3.28. The van der Waals surface area contributed by atoms with E-state index in [4.69, 9.17) is 30.8 Å². The van der Waals surface area contributed by atoms with Gasteiger partial charge in [-0.3, -0.25) is 14.9 Å². The Hall–Kier alpha value is -3.17. The van der Waals surface area contributed by atoms with Crippen LogP contribution in [-0.4, -0.2) is 48.7 Å². The van der Waals surface area contributed by atoms with Gasteiger partial charge in [-0.2, -0.15) is 0 Å². The molecule has 1 amide bonds. The smallest absolute Gasteiger partial charge is 0.325 e. The van der Waals surface area contributed by atoms with Crippen LogP contribution >= 0.6 is 23.4 Å². The molecule has 230 valence electrons. The molecule has 8 nitrogen and oxygen atoms in total. The van der Waals surface area contributed by atoms with Crippen LogP contribution in [0.25, 0.3) is 10.9 Å². The first-order chi connectivity index (χ1) is 20.6. The summed E-state index contributed by atoms with van der Waals surface area (Å²) in [4.78, 5) is 30.6. The van der Waals surface area contributed by atoms with Crippen LogP contribution in [0.4, 0.5) is 0 Å². The summed E-state index contributed by atoms with van der Waals surface area (Å²) < 4.78 is 17.6. The number of aliphatic imine (C=N–C) groups is 1. The molecule has 0 radical (unpaired) electrons. The van der Waals surface area contributed by atoms with Gasteiger partial charge in [0.2, 0.25) is 0 Å². The number of carbonyl (C=O) groups excluding carboxylic acids is 2. The standard InChI is InChI=1S/C27H30ClN3O5S.C6H10/c1-7-27(18-11-23(35-5)19(28)12-22(18)34-4)14-37-26(30-27)29-25(33)21-10-17-8-15(2)16(3)9-20(17)31(21)13-24(32)36-6;1-2-5-4-6(5)3-1/h8-12H,7,13-14H2,1-6H3,(H,29,30,33);5-6H,1-4H2. The van der Waals surface area contributed by atoms with Gasteiger partial charge in [0.15, 0.2) is 5.17 Å². The van der Waals surface area contributed by atoms with Crippen molar-refractivity contribution in [1.82, 2.24) is 9.88 Å². The van der Waals surface area contributed by atoms with Gasteiger partial charge in [0.1, 0.15) is 29.3 Å². The normalized spacial score (nSPS) is 21.9. The molecule has 1 aromatic heterocycles. The van der Waals surface area contributed by atoms with Crippen LogP contribution in [-0.2, 0) is 21.6 Å². The topological polar surface area (TPSA) is 91.2 Å². The number of aryl methyl sites for hydroxylation is 2. The van der Waals surface area contributed by atoms with Crippen LogP contribution in [0.2, 0.25) is 5.02 Å². The number of benzene rings is 2. The number of amides is 1. The lowest BCUT2D eigenvalue weighted by atomic mass is 9.89. The number of nitrogens with one attached hydrogen (secondary N) is 1. The number of thioether (sulfide) groups is 1. The van der Waals surface area contributed by atoms with E-state index in [1.165, 1.54) is 37.1 Å². The number of aromatic nitrogens is 1. The van der Waals surface area contributed by atoms with Gasteiger partial charge in [-0.1, -0.05) is 49.5 Å². The molecule has 2 heterocycles. The zero-order chi connectivity index (χ0) is 30.9. The molecule has 1 N–H and O–H groups in total. The molecule has 43 heavy (non-hydrogen) atoms. The van der Waals surface area contributed by atoms with Crippen molar-refractivity contribution < 1.29 is 23.8 Å². The van der Waals surface area contributed by atoms with Gasteiger partial charge in [0.25, 0.3) is 5.91 Å². The van der Waals surface area contributed by atoms with Crippen molar-refractivity contribution in [2.75, 3.05) is 27.1 Å². The Kier molecular flexibility index (Phi) is 9.32. The number of halogens is 1. The van der Waals surface area contributed by atoms with E-state index < -0.39 is 11.5 Å². The monoisotopic (exact) mass is 625 g/mol. The molecule has 2 aromatic carbocycles. The fraction of sp³-hybridized carbons (Fsp3) is 0.485. The summed E-state index contributed by atoms with van der Waals surface area (Å²) in [5.74, 6) is 3.37. The molecule has 2 aliphatic carbocycles. The van der Waals surface area contributed by atoms with E-state index in [-0.39, 0.29) is 12.5 Å². The summed E-state index contributed by atoms with van der Waals surface area (Å²) in [6.45, 7) is 5.97. The highest BCUT2D eigenvalue weighted by atomic mass is 35.5. The highest BCUT2D eigenvalue weighted by molar-refractivity contribution is 8.14. The van der Waals surface area contributed by atoms with E-state index in [0.29, 0.717) is 39.6 Å². The molecule has 1 aliphatic heterocycles. The highest BCUT2D eigenvalue weighted by Crippen LogP contribution is 2.51. The molecule has 3 unspecified atom stereocenters. The molecular weight excluding hydrogens is 586 g/mol. The Balaban J connectivity index is 0.000000537. The number of fused-ring (bicyclic) bond motifs is 2. The van der Waals surface area contributed by atoms with E-state index in [1.54, 1.807) is 50.2 Å². The fourth-order valence-electron chi connectivity index (χ4n) is 6.14. The van der Waals surface area contributed by atoms with E-state index in [1.807, 2.05) is 39.0 Å². The largest absolute Gasteiger partial charge is 0.496 e. The van der Waals surface area contributed by atoms with Crippen LogP contribution < -0.4 is 14.8 Å². The number of methoxy groups -OCH3 is 3. The summed E-state index contributed by atoms with van der Waals surface area (Å²) in [5.41, 5.74) is 3.52.